The molecule has 0 fully saturated rings. The molecule has 2 heteroatoms. The molecule has 246 valence electrons. The Morgan fingerprint density at radius 3 is 0.787 bits per heavy atom. The number of phenols is 1. The van der Waals surface area contributed by atoms with Crippen LogP contribution in [0.25, 0.3) is 0 Å². The number of benzene rings is 4. The molecule has 0 amide bonds. The first-order valence-corrected chi connectivity index (χ1v) is 20.4. The minimum absolute atomic E-state index is 0.0114. The molecule has 3 aliphatic heterocycles. The summed E-state index contributed by atoms with van der Waals surface area (Å²) in [4.78, 5) is 0. The van der Waals surface area contributed by atoms with Crippen molar-refractivity contribution < 1.29 is 5.11 Å². The summed E-state index contributed by atoms with van der Waals surface area (Å²) >= 11 is 0. The van der Waals surface area contributed by atoms with Gasteiger partial charge in [0.05, 0.1) is 0 Å². The number of phenolic OH excluding ortho intramolecular Hbond substituents is 1. The molecule has 2 bridgehead atoms. The monoisotopic (exact) mass is 640 g/mol. The first kappa shape index (κ1) is 32.4. The summed E-state index contributed by atoms with van der Waals surface area (Å²) in [5.41, 5.74) is 16.9. The van der Waals surface area contributed by atoms with Crippen LogP contribution in [0.2, 0.25) is 6.55 Å². The van der Waals surface area contributed by atoms with Gasteiger partial charge in [-0.05, 0) is 117 Å². The van der Waals surface area contributed by atoms with E-state index >= 15 is 0 Å². The smallest absolute Gasteiger partial charge is 0.147 e. The fraction of sp³-hybridized carbons (Fsp3) is 0.467. The molecule has 4 aromatic carbocycles. The van der Waals surface area contributed by atoms with Gasteiger partial charge in [-0.2, -0.15) is 0 Å². The number of aromatic hydroxyl groups is 1. The lowest BCUT2D eigenvalue weighted by molar-refractivity contribution is 0.462. The molecule has 0 radical (unpaired) electrons. The quantitative estimate of drug-likeness (QED) is 0.168. The second kappa shape index (κ2) is 9.97. The number of rotatable bonds is 0. The average Bonchev–Trinajstić information content (AvgIpc) is 2.91. The first-order chi connectivity index (χ1) is 21.6. The fourth-order valence-electron chi connectivity index (χ4n) is 9.02. The van der Waals surface area contributed by atoms with Gasteiger partial charge in [0.25, 0.3) is 0 Å². The van der Waals surface area contributed by atoms with Crippen molar-refractivity contribution in [2.75, 3.05) is 0 Å². The van der Waals surface area contributed by atoms with Crippen molar-refractivity contribution in [1.82, 2.24) is 0 Å². The largest absolute Gasteiger partial charge is 0.507 e. The molecule has 47 heavy (non-hydrogen) atoms. The third-order valence-corrected chi connectivity index (χ3v) is 16.6. The van der Waals surface area contributed by atoms with E-state index in [1.807, 2.05) is 0 Å². The number of hydrogen-bond donors (Lipinski definition) is 1. The standard InChI is InChI=1S/C45H56OSi/c1-42(2,3)34-18-26-14-28-20-35(43(4,5)6)22-30-16-32-24-37(45(10,11)12)25-33-17-31-23-36(44(7,8)9)21-29(15-27(19-34)38(26)46)40(31)47(13,39(28)30)41(32)33/h18-25,46H,14-17H2,1-13H3. The van der Waals surface area contributed by atoms with Gasteiger partial charge >= 0.3 is 0 Å². The summed E-state index contributed by atoms with van der Waals surface area (Å²) in [5.74, 6) is 0.496. The van der Waals surface area contributed by atoms with Gasteiger partial charge in [-0.3, -0.25) is 0 Å². The third-order valence-electron chi connectivity index (χ3n) is 11.7. The Kier molecular flexibility index (Phi) is 6.88. The minimum atomic E-state index is -2.47. The van der Waals surface area contributed by atoms with E-state index in [1.165, 1.54) is 44.5 Å². The van der Waals surface area contributed by atoms with Crippen LogP contribution >= 0.6 is 0 Å². The van der Waals surface area contributed by atoms with Crippen molar-refractivity contribution in [2.24, 2.45) is 0 Å². The molecule has 1 nitrogen and oxygen atoms in total. The van der Waals surface area contributed by atoms with Crippen molar-refractivity contribution >= 4 is 23.6 Å². The zero-order chi connectivity index (χ0) is 34.2. The maximum atomic E-state index is 12.1. The van der Waals surface area contributed by atoms with Crippen LogP contribution in [0.3, 0.4) is 0 Å². The normalized spacial score (nSPS) is 16.5. The molecule has 0 saturated heterocycles. The summed E-state index contributed by atoms with van der Waals surface area (Å²) in [7, 11) is -2.47. The lowest BCUT2D eigenvalue weighted by atomic mass is 9.79. The zero-order valence-corrected chi connectivity index (χ0v) is 32.4. The molecule has 1 N–H and O–H groups in total. The minimum Gasteiger partial charge on any atom is -0.507 e. The topological polar surface area (TPSA) is 20.2 Å². The number of hydrogen-bond acceptors (Lipinski definition) is 1. The van der Waals surface area contributed by atoms with Crippen LogP contribution in [0.15, 0.2) is 48.5 Å². The molecule has 7 rings (SSSR count). The van der Waals surface area contributed by atoms with E-state index in [4.69, 9.17) is 0 Å². The lowest BCUT2D eigenvalue weighted by Gasteiger charge is -2.46. The molecule has 0 saturated carbocycles. The molecule has 3 heterocycles. The van der Waals surface area contributed by atoms with Gasteiger partial charge in [-0.15, -0.1) is 0 Å². The zero-order valence-electron chi connectivity index (χ0n) is 31.4. The van der Waals surface area contributed by atoms with E-state index < -0.39 is 8.07 Å². The fourth-order valence-corrected chi connectivity index (χ4v) is 14.6. The Bertz CT molecular complexity index is 1860. The van der Waals surface area contributed by atoms with E-state index in [-0.39, 0.29) is 21.7 Å². The summed E-state index contributed by atoms with van der Waals surface area (Å²) in [6.07, 6.45) is 3.52. The highest BCUT2D eigenvalue weighted by molar-refractivity contribution is 7.12. The van der Waals surface area contributed by atoms with Crippen LogP contribution in [0.4, 0.5) is 0 Å². The molecular weight excluding hydrogens is 585 g/mol. The van der Waals surface area contributed by atoms with Gasteiger partial charge in [-0.1, -0.05) is 138 Å². The van der Waals surface area contributed by atoms with Gasteiger partial charge < -0.3 is 5.11 Å². The van der Waals surface area contributed by atoms with Crippen LogP contribution in [0.5, 0.6) is 5.75 Å². The summed E-state index contributed by atoms with van der Waals surface area (Å²) in [5, 5.41) is 17.0. The highest BCUT2D eigenvalue weighted by Gasteiger charge is 2.49. The van der Waals surface area contributed by atoms with Gasteiger partial charge in [-0.25, -0.2) is 0 Å². The highest BCUT2D eigenvalue weighted by Crippen LogP contribution is 2.41. The van der Waals surface area contributed by atoms with Crippen molar-refractivity contribution in [1.29, 1.82) is 0 Å². The van der Waals surface area contributed by atoms with Crippen LogP contribution in [-0.4, -0.2) is 13.2 Å². The Morgan fingerprint density at radius 2 is 0.574 bits per heavy atom. The Labute approximate surface area is 285 Å². The van der Waals surface area contributed by atoms with E-state index in [0.717, 1.165) is 36.8 Å². The van der Waals surface area contributed by atoms with E-state index in [2.05, 4.69) is 138 Å². The molecule has 3 aliphatic rings. The van der Waals surface area contributed by atoms with Crippen molar-refractivity contribution in [3.05, 3.63) is 115 Å². The molecule has 0 unspecified atom stereocenters. The van der Waals surface area contributed by atoms with Crippen LogP contribution in [0, 0.1) is 0 Å². The van der Waals surface area contributed by atoms with Gasteiger partial charge in [0.2, 0.25) is 0 Å². The molecule has 0 atom stereocenters. The van der Waals surface area contributed by atoms with E-state index in [9.17, 15) is 5.11 Å². The maximum absolute atomic E-state index is 12.1. The Balaban J connectivity index is 1.67. The summed E-state index contributed by atoms with van der Waals surface area (Å²) < 4.78 is 0. The van der Waals surface area contributed by atoms with Crippen LogP contribution in [0.1, 0.15) is 150 Å². The predicted octanol–water partition coefficient (Wildman–Crippen LogP) is 8.99. The lowest BCUT2D eigenvalue weighted by Crippen LogP contribution is -2.73. The van der Waals surface area contributed by atoms with Gasteiger partial charge in [0.1, 0.15) is 13.8 Å². The highest BCUT2D eigenvalue weighted by atomic mass is 28.3. The Morgan fingerprint density at radius 1 is 0.383 bits per heavy atom. The molecule has 4 aromatic rings. The second-order valence-electron chi connectivity index (χ2n) is 19.5. The third kappa shape index (κ3) is 5.08. The average molecular weight is 641 g/mol. The van der Waals surface area contributed by atoms with Crippen LogP contribution in [-0.2, 0) is 47.3 Å². The van der Waals surface area contributed by atoms with Crippen molar-refractivity contribution in [2.45, 2.75) is 137 Å². The maximum Gasteiger partial charge on any atom is 0.147 e. The van der Waals surface area contributed by atoms with Crippen LogP contribution < -0.4 is 15.6 Å². The molecule has 0 aliphatic carbocycles. The summed E-state index contributed by atoms with van der Waals surface area (Å²) in [6.45, 7) is 30.8. The van der Waals surface area contributed by atoms with Crippen molar-refractivity contribution in [3.63, 3.8) is 0 Å². The first-order valence-electron chi connectivity index (χ1n) is 17.9. The SMILES string of the molecule is CC(C)(C)c1cc2c(O)c(c1)Cc1cc(C(C)(C)C)cc3c1[Si]1(C)c4c(cc(C(C)(C)C)cc4Cc4cc(C(C)(C)C)cc(c41)C3)C2. The van der Waals surface area contributed by atoms with E-state index in [0.29, 0.717) is 5.75 Å². The molecule has 0 spiro atoms. The van der Waals surface area contributed by atoms with Gasteiger partial charge in [0, 0.05) is 12.8 Å². The van der Waals surface area contributed by atoms with Crippen molar-refractivity contribution in [3.8, 4) is 5.75 Å². The number of fused-ring (bicyclic) bond motifs is 2. The summed E-state index contributed by atoms with van der Waals surface area (Å²) in [6, 6.07) is 20.0. The van der Waals surface area contributed by atoms with E-state index in [1.54, 1.807) is 26.7 Å². The van der Waals surface area contributed by atoms with Gasteiger partial charge in [0.15, 0.2) is 0 Å². The molecular formula is C45H56OSi. The second-order valence-corrected chi connectivity index (χ2v) is 23.2. The molecule has 0 aromatic heterocycles. The Hall–Kier alpha value is -3.10. The predicted molar refractivity (Wildman–Crippen MR) is 204 cm³/mol.